The number of aliphatic imine (C=N–C) groups is 1. The van der Waals surface area contributed by atoms with Gasteiger partial charge < -0.3 is 20.3 Å². The van der Waals surface area contributed by atoms with Gasteiger partial charge in [-0.25, -0.2) is 13.4 Å². The summed E-state index contributed by atoms with van der Waals surface area (Å²) in [6, 6.07) is -0.160. The number of sulfone groups is 1. The van der Waals surface area contributed by atoms with Crippen LogP contribution in [0.25, 0.3) is 0 Å². The number of guanidine groups is 1. The molecule has 1 fully saturated rings. The number of halogens is 1. The molecule has 1 saturated heterocycles. The highest BCUT2D eigenvalue weighted by Crippen LogP contribution is 2.10. The summed E-state index contributed by atoms with van der Waals surface area (Å²) in [6.45, 7) is 3.92. The average molecular weight is 476 g/mol. The highest BCUT2D eigenvalue weighted by Gasteiger charge is 2.28. The molecule has 0 saturated carbocycles. The van der Waals surface area contributed by atoms with E-state index >= 15 is 0 Å². The standard InChI is InChI=1S/C14H28N4O4S.HI/c1-4-22-8-5-7-15-14(16-10-13(19)18(2)3)17-12-6-9-23(20,21)11-12;/h12H,4-11H2,1-3H3,(H2,15,16,17);1H. The minimum absolute atomic E-state index is 0. The maximum Gasteiger partial charge on any atom is 0.243 e. The Labute approximate surface area is 161 Å². The number of nitrogens with zero attached hydrogens (tertiary/aromatic N) is 2. The normalized spacial score (nSPS) is 19.5. The van der Waals surface area contributed by atoms with E-state index in [-0.39, 0.29) is 54.0 Å². The summed E-state index contributed by atoms with van der Waals surface area (Å²) < 4.78 is 28.3. The minimum Gasteiger partial charge on any atom is -0.382 e. The number of ether oxygens (including phenoxy) is 1. The Kier molecular flexibility index (Phi) is 11.5. The number of hydrogen-bond donors (Lipinski definition) is 2. The summed E-state index contributed by atoms with van der Waals surface area (Å²) in [5, 5.41) is 6.23. The molecule has 0 radical (unpaired) electrons. The Morgan fingerprint density at radius 2 is 2.08 bits per heavy atom. The van der Waals surface area contributed by atoms with Gasteiger partial charge in [0.2, 0.25) is 5.91 Å². The van der Waals surface area contributed by atoms with Gasteiger partial charge in [0.05, 0.1) is 11.5 Å². The molecule has 1 aliphatic rings. The second kappa shape index (κ2) is 11.9. The average Bonchev–Trinajstić information content (AvgIpc) is 2.82. The van der Waals surface area contributed by atoms with Crippen LogP contribution in [0.1, 0.15) is 19.8 Å². The highest BCUT2D eigenvalue weighted by atomic mass is 127. The maximum absolute atomic E-state index is 11.7. The molecule has 0 aromatic carbocycles. The number of carbonyl (C=O) groups is 1. The molecule has 142 valence electrons. The van der Waals surface area contributed by atoms with Crippen molar-refractivity contribution in [3.8, 4) is 0 Å². The van der Waals surface area contributed by atoms with Crippen molar-refractivity contribution in [2.45, 2.75) is 25.8 Å². The molecule has 1 atom stereocenters. The number of carbonyl (C=O) groups excluding carboxylic acids is 1. The lowest BCUT2D eigenvalue weighted by atomic mass is 10.3. The highest BCUT2D eigenvalue weighted by molar-refractivity contribution is 14.0. The van der Waals surface area contributed by atoms with Crippen LogP contribution in [0, 0.1) is 0 Å². The van der Waals surface area contributed by atoms with Gasteiger partial charge in [0.15, 0.2) is 15.8 Å². The fourth-order valence-corrected chi connectivity index (χ4v) is 3.74. The Hall–Kier alpha value is -0.620. The molecule has 0 bridgehead atoms. The molecule has 1 unspecified atom stereocenters. The smallest absolute Gasteiger partial charge is 0.243 e. The first-order valence-electron chi connectivity index (χ1n) is 7.87. The second-order valence-corrected chi connectivity index (χ2v) is 7.90. The Bertz CT molecular complexity index is 511. The van der Waals surface area contributed by atoms with Crippen molar-refractivity contribution < 1.29 is 17.9 Å². The van der Waals surface area contributed by atoms with Crippen LogP contribution in [-0.2, 0) is 19.4 Å². The fourth-order valence-electron chi connectivity index (χ4n) is 2.07. The minimum atomic E-state index is -2.96. The molecular weight excluding hydrogens is 447 g/mol. The van der Waals surface area contributed by atoms with Gasteiger partial charge >= 0.3 is 0 Å². The van der Waals surface area contributed by atoms with Crippen molar-refractivity contribution in [1.29, 1.82) is 0 Å². The van der Waals surface area contributed by atoms with Gasteiger partial charge in [-0.2, -0.15) is 0 Å². The monoisotopic (exact) mass is 476 g/mol. The number of amides is 1. The predicted octanol–water partition coefficient (Wildman–Crippen LogP) is -0.158. The molecule has 0 aromatic rings. The van der Waals surface area contributed by atoms with Gasteiger partial charge in [-0.05, 0) is 19.8 Å². The van der Waals surface area contributed by atoms with E-state index in [0.29, 0.717) is 32.1 Å². The van der Waals surface area contributed by atoms with Gasteiger partial charge in [-0.1, -0.05) is 0 Å². The number of nitrogens with one attached hydrogen (secondary N) is 2. The SMILES string of the molecule is CCOCCCNC(=NCC(=O)N(C)C)NC1CCS(=O)(=O)C1.I. The van der Waals surface area contributed by atoms with E-state index in [1.165, 1.54) is 4.90 Å². The van der Waals surface area contributed by atoms with E-state index in [4.69, 9.17) is 4.74 Å². The second-order valence-electron chi connectivity index (χ2n) is 5.67. The van der Waals surface area contributed by atoms with E-state index in [1.807, 2.05) is 6.92 Å². The summed E-state index contributed by atoms with van der Waals surface area (Å²) in [6.07, 6.45) is 1.36. The number of likely N-dealkylation sites (N-methyl/N-ethyl adjacent to an activating group) is 1. The van der Waals surface area contributed by atoms with E-state index in [9.17, 15) is 13.2 Å². The lowest BCUT2D eigenvalue weighted by Gasteiger charge is -2.17. The molecule has 1 heterocycles. The molecular formula is C14H29IN4O4S. The van der Waals surface area contributed by atoms with E-state index in [1.54, 1.807) is 14.1 Å². The summed E-state index contributed by atoms with van der Waals surface area (Å²) in [5.74, 6) is 0.658. The van der Waals surface area contributed by atoms with Crippen LogP contribution in [0.2, 0.25) is 0 Å². The zero-order valence-electron chi connectivity index (χ0n) is 14.6. The molecule has 1 aliphatic heterocycles. The largest absolute Gasteiger partial charge is 0.382 e. The van der Waals surface area contributed by atoms with Crippen molar-refractivity contribution in [2.24, 2.45) is 4.99 Å². The molecule has 0 aromatic heterocycles. The van der Waals surface area contributed by atoms with Crippen molar-refractivity contribution in [1.82, 2.24) is 15.5 Å². The van der Waals surface area contributed by atoms with Crippen LogP contribution < -0.4 is 10.6 Å². The number of hydrogen-bond acceptors (Lipinski definition) is 5. The zero-order valence-corrected chi connectivity index (χ0v) is 17.7. The summed E-state index contributed by atoms with van der Waals surface area (Å²) in [4.78, 5) is 17.4. The molecule has 0 aliphatic carbocycles. The Morgan fingerprint density at radius 3 is 2.62 bits per heavy atom. The summed E-state index contributed by atoms with van der Waals surface area (Å²) in [7, 11) is 0.383. The van der Waals surface area contributed by atoms with E-state index < -0.39 is 9.84 Å². The van der Waals surface area contributed by atoms with E-state index in [2.05, 4.69) is 15.6 Å². The van der Waals surface area contributed by atoms with Crippen LogP contribution in [0.4, 0.5) is 0 Å². The van der Waals surface area contributed by atoms with Crippen molar-refractivity contribution in [3.63, 3.8) is 0 Å². The first-order chi connectivity index (χ1) is 10.8. The third kappa shape index (κ3) is 9.62. The third-order valence-corrected chi connectivity index (χ3v) is 5.17. The fraction of sp³-hybridized carbons (Fsp3) is 0.857. The van der Waals surface area contributed by atoms with Crippen LogP contribution in [0.15, 0.2) is 4.99 Å². The number of rotatable bonds is 8. The van der Waals surface area contributed by atoms with Crippen molar-refractivity contribution >= 4 is 45.7 Å². The zero-order chi connectivity index (χ0) is 17.3. The topological polar surface area (TPSA) is 100 Å². The molecule has 1 amide bonds. The van der Waals surface area contributed by atoms with Crippen LogP contribution in [0.5, 0.6) is 0 Å². The first kappa shape index (κ1) is 23.4. The summed E-state index contributed by atoms with van der Waals surface area (Å²) >= 11 is 0. The van der Waals surface area contributed by atoms with Crippen LogP contribution in [0.3, 0.4) is 0 Å². The Morgan fingerprint density at radius 1 is 1.38 bits per heavy atom. The lowest BCUT2D eigenvalue weighted by Crippen LogP contribution is -2.45. The summed E-state index contributed by atoms with van der Waals surface area (Å²) in [5.41, 5.74) is 0. The molecule has 24 heavy (non-hydrogen) atoms. The van der Waals surface area contributed by atoms with Crippen molar-refractivity contribution in [2.75, 3.05) is 51.9 Å². The van der Waals surface area contributed by atoms with Crippen molar-refractivity contribution in [3.05, 3.63) is 0 Å². The maximum atomic E-state index is 11.7. The van der Waals surface area contributed by atoms with Gasteiger partial charge in [0.1, 0.15) is 6.54 Å². The van der Waals surface area contributed by atoms with Gasteiger partial charge in [0.25, 0.3) is 0 Å². The molecule has 2 N–H and O–H groups in total. The predicted molar refractivity (Wildman–Crippen MR) is 106 cm³/mol. The quantitative estimate of drug-likeness (QED) is 0.219. The van der Waals surface area contributed by atoms with Gasteiger partial charge in [0, 0.05) is 39.9 Å². The van der Waals surface area contributed by atoms with Gasteiger partial charge in [-0.15, -0.1) is 24.0 Å². The van der Waals surface area contributed by atoms with Crippen LogP contribution >= 0.6 is 24.0 Å². The third-order valence-electron chi connectivity index (χ3n) is 3.41. The molecule has 8 nitrogen and oxygen atoms in total. The molecule has 1 rings (SSSR count). The first-order valence-corrected chi connectivity index (χ1v) is 9.69. The lowest BCUT2D eigenvalue weighted by molar-refractivity contribution is -0.127. The van der Waals surface area contributed by atoms with Gasteiger partial charge in [-0.3, -0.25) is 4.79 Å². The van der Waals surface area contributed by atoms with E-state index in [0.717, 1.165) is 6.42 Å². The van der Waals surface area contributed by atoms with Crippen LogP contribution in [-0.4, -0.2) is 83.1 Å². The molecule has 0 spiro atoms. The molecule has 10 heteroatoms. The Balaban J connectivity index is 0.00000529.